The predicted molar refractivity (Wildman–Crippen MR) is 43.3 cm³/mol. The van der Waals surface area contributed by atoms with Gasteiger partial charge in [0.25, 0.3) is 0 Å². The summed E-state index contributed by atoms with van der Waals surface area (Å²) in [5, 5.41) is 0. The average Bonchev–Trinajstić information content (AvgIpc) is 2.06. The minimum Gasteiger partial charge on any atom is -1.00 e. The van der Waals surface area contributed by atoms with Crippen LogP contribution in [0.15, 0.2) is 30.3 Å². The summed E-state index contributed by atoms with van der Waals surface area (Å²) in [6, 6.07) is 8.85. The molecule has 5 heteroatoms. The van der Waals surface area contributed by atoms with Crippen LogP contribution in [0.1, 0.15) is 1.43 Å². The third-order valence-electron chi connectivity index (χ3n) is 1.04. The van der Waals surface area contributed by atoms with Crippen molar-refractivity contribution in [1.82, 2.24) is 0 Å². The number of hydrogen-bond acceptors (Lipinski definition) is 3. The summed E-state index contributed by atoms with van der Waals surface area (Å²) in [6.45, 7) is 0. The second-order valence-corrected chi connectivity index (χ2v) is 2.68. The molecule has 1 aromatic rings. The Morgan fingerprint density at radius 2 is 1.92 bits per heavy atom. The first kappa shape index (κ1) is 12.1. The van der Waals surface area contributed by atoms with Crippen molar-refractivity contribution in [2.24, 2.45) is 0 Å². The van der Waals surface area contributed by atoms with Crippen LogP contribution in [0.2, 0.25) is 0 Å². The molecule has 1 rings (SSSR count). The minimum atomic E-state index is -1.68. The van der Waals surface area contributed by atoms with Gasteiger partial charge in [-0.1, -0.05) is 18.2 Å². The molecule has 0 amide bonds. The molecule has 0 aromatic heterocycles. The maximum Gasteiger partial charge on any atom is 1.00 e. The fourth-order valence-corrected chi connectivity index (χ4v) is 0.925. The zero-order valence-corrected chi connectivity index (χ0v) is 9.84. The molecule has 0 saturated heterocycles. The molecule has 1 atom stereocenters. The fourth-order valence-electron chi connectivity index (χ4n) is 0.589. The van der Waals surface area contributed by atoms with Gasteiger partial charge in [-0.05, 0) is 12.1 Å². The van der Waals surface area contributed by atoms with E-state index in [9.17, 15) is 4.21 Å². The van der Waals surface area contributed by atoms with E-state index in [1.54, 1.807) is 24.3 Å². The van der Waals surface area contributed by atoms with Gasteiger partial charge in [-0.15, -0.1) is 0 Å². The molecule has 0 fully saturated rings. The first-order valence-corrected chi connectivity index (χ1v) is 4.02. The summed E-state index contributed by atoms with van der Waals surface area (Å²) < 4.78 is 19.9. The van der Waals surface area contributed by atoms with Crippen molar-refractivity contribution in [3.05, 3.63) is 30.3 Å². The van der Waals surface area contributed by atoms with Crippen LogP contribution in [-0.2, 0) is 15.5 Å². The van der Waals surface area contributed by atoms with E-state index in [4.69, 9.17) is 4.18 Å². The van der Waals surface area contributed by atoms with Gasteiger partial charge < -0.3 is 5.61 Å². The minimum absolute atomic E-state index is 0. The van der Waals surface area contributed by atoms with Gasteiger partial charge in [0.05, 0.1) is 7.11 Å². The fraction of sp³-hybridized carbons (Fsp3) is 0.143. The molecular weight excluding hydrogens is 187 g/mol. The Labute approximate surface area is 97.7 Å². The van der Waals surface area contributed by atoms with Gasteiger partial charge in [-0.2, -0.15) is 4.21 Å². The molecule has 0 radical (unpaired) electrons. The summed E-state index contributed by atoms with van der Waals surface area (Å²) >= 11 is -1.68. The van der Waals surface area contributed by atoms with Crippen molar-refractivity contribution in [3.63, 3.8) is 0 Å². The van der Waals surface area contributed by atoms with Crippen molar-refractivity contribution in [1.29, 1.82) is 0 Å². The largest absolute Gasteiger partial charge is 1.00 e. The summed E-state index contributed by atoms with van der Waals surface area (Å²) in [7, 11) is 1.32. The Morgan fingerprint density at radius 3 is 2.42 bits per heavy atom. The monoisotopic (exact) mass is 196 g/mol. The van der Waals surface area contributed by atoms with E-state index >= 15 is 0 Å². The van der Waals surface area contributed by atoms with Crippen LogP contribution in [0.25, 0.3) is 0 Å². The van der Waals surface area contributed by atoms with Crippen LogP contribution >= 0.6 is 0 Å². The van der Waals surface area contributed by atoms with E-state index in [-0.39, 0.29) is 31.0 Å². The smallest absolute Gasteiger partial charge is 1.00 e. The Bertz CT molecular complexity index is 245. The van der Waals surface area contributed by atoms with Gasteiger partial charge in [-0.3, -0.25) is 4.18 Å². The number of para-hydroxylation sites is 1. The van der Waals surface area contributed by atoms with E-state index in [0.29, 0.717) is 5.75 Å². The Balaban J connectivity index is 0. The van der Waals surface area contributed by atoms with Crippen LogP contribution in [0.5, 0.6) is 5.75 Å². The molecule has 0 saturated carbocycles. The van der Waals surface area contributed by atoms with E-state index < -0.39 is 11.4 Å². The van der Waals surface area contributed by atoms with E-state index in [2.05, 4.69) is 4.18 Å². The van der Waals surface area contributed by atoms with Crippen molar-refractivity contribution >= 4 is 11.4 Å². The third kappa shape index (κ3) is 4.23. The molecule has 0 heterocycles. The molecule has 0 N–H and O–H groups in total. The molecule has 0 aliphatic heterocycles. The van der Waals surface area contributed by atoms with E-state index in [1.165, 1.54) is 7.11 Å². The zero-order valence-electron chi connectivity index (χ0n) is 8.02. The summed E-state index contributed by atoms with van der Waals surface area (Å²) in [5.41, 5.74) is 0. The maximum atomic E-state index is 10.6. The Morgan fingerprint density at radius 1 is 1.33 bits per heavy atom. The second kappa shape index (κ2) is 6.62. The maximum absolute atomic E-state index is 10.6. The molecule has 1 aromatic carbocycles. The molecular formula is C7H9NaO3S. The standard InChI is InChI=1S/C7H8O3S.Na.H/c1-9-11(8)10-7-5-3-2-4-6-7;;/h2-6H,1H3;;/q;+1;-1. The van der Waals surface area contributed by atoms with Crippen LogP contribution in [-0.4, -0.2) is 11.3 Å². The molecule has 0 spiro atoms. The summed E-state index contributed by atoms with van der Waals surface area (Å²) in [4.78, 5) is 0. The van der Waals surface area contributed by atoms with E-state index in [1.807, 2.05) is 6.07 Å². The average molecular weight is 196 g/mol. The van der Waals surface area contributed by atoms with Crippen LogP contribution < -0.4 is 33.7 Å². The van der Waals surface area contributed by atoms with Crippen LogP contribution in [0, 0.1) is 0 Å². The Hall–Kier alpha value is 0.130. The first-order valence-electron chi connectivity index (χ1n) is 3.02. The molecule has 62 valence electrons. The molecule has 0 aliphatic carbocycles. The molecule has 1 unspecified atom stereocenters. The van der Waals surface area contributed by atoms with Crippen LogP contribution in [0.4, 0.5) is 0 Å². The van der Waals surface area contributed by atoms with Crippen molar-refractivity contribution in [2.45, 2.75) is 0 Å². The Kier molecular flexibility index (Phi) is 6.70. The predicted octanol–water partition coefficient (Wildman–Crippen LogP) is -1.59. The first-order chi connectivity index (χ1) is 5.33. The van der Waals surface area contributed by atoms with Gasteiger partial charge in [0.1, 0.15) is 5.75 Å². The number of benzene rings is 1. The quantitative estimate of drug-likeness (QED) is 0.547. The van der Waals surface area contributed by atoms with Crippen molar-refractivity contribution in [2.75, 3.05) is 7.11 Å². The molecule has 0 aliphatic rings. The second-order valence-electron chi connectivity index (χ2n) is 1.77. The van der Waals surface area contributed by atoms with Gasteiger partial charge in [0.15, 0.2) is 0 Å². The van der Waals surface area contributed by atoms with Crippen molar-refractivity contribution in [3.8, 4) is 5.75 Å². The van der Waals surface area contributed by atoms with Crippen LogP contribution in [0.3, 0.4) is 0 Å². The van der Waals surface area contributed by atoms with Gasteiger partial charge in [0, 0.05) is 0 Å². The SMILES string of the molecule is COS(=O)Oc1ccccc1.[H-].[Na+]. The molecule has 12 heavy (non-hydrogen) atoms. The third-order valence-corrected chi connectivity index (χ3v) is 1.64. The van der Waals surface area contributed by atoms with E-state index in [0.717, 1.165) is 0 Å². The number of hydrogen-bond donors (Lipinski definition) is 0. The van der Waals surface area contributed by atoms with Gasteiger partial charge >= 0.3 is 40.9 Å². The topological polar surface area (TPSA) is 35.5 Å². The van der Waals surface area contributed by atoms with Gasteiger partial charge in [-0.25, -0.2) is 0 Å². The normalized spacial score (nSPS) is 11.4. The summed E-state index contributed by atoms with van der Waals surface area (Å²) in [6.07, 6.45) is 0. The molecule has 0 bridgehead atoms. The summed E-state index contributed by atoms with van der Waals surface area (Å²) in [5.74, 6) is 0.535. The zero-order chi connectivity index (χ0) is 8.10. The van der Waals surface area contributed by atoms with Gasteiger partial charge in [0.2, 0.25) is 0 Å². The molecule has 3 nitrogen and oxygen atoms in total. The number of rotatable bonds is 3. The van der Waals surface area contributed by atoms with Crippen molar-refractivity contribution < 1.29 is 43.6 Å².